The number of benzene rings is 1. The molecule has 0 fully saturated rings. The van der Waals surface area contributed by atoms with Crippen LogP contribution >= 0.6 is 0 Å². The first kappa shape index (κ1) is 18.5. The Morgan fingerprint density at radius 3 is 2.23 bits per heavy atom. The molecule has 0 heterocycles. The van der Waals surface area contributed by atoms with Crippen molar-refractivity contribution in [1.29, 1.82) is 0 Å². The molecule has 1 N–H and O–H groups in total. The predicted octanol–water partition coefficient (Wildman–Crippen LogP) is 4.32. The molecule has 0 aliphatic carbocycles. The highest BCUT2D eigenvalue weighted by Gasteiger charge is 2.06. The number of carbonyl (C=O) groups is 1. The van der Waals surface area contributed by atoms with Gasteiger partial charge in [0.15, 0.2) is 0 Å². The first-order chi connectivity index (χ1) is 10.7. The van der Waals surface area contributed by atoms with E-state index < -0.39 is 0 Å². The number of rotatable bonds is 12. The summed E-state index contributed by atoms with van der Waals surface area (Å²) in [5.74, 6) is -0.255. The number of carbonyl (C=O) groups excluding carboxylic acids is 1. The fourth-order valence-electron chi connectivity index (χ4n) is 2.14. The standard InChI is InChI=1S/C18H28O4/c1-2-3-4-5-6-7-8-13-21-14-15-22-18(20)16-9-11-17(19)12-10-16/h9-12,19H,2-8,13-15H2,1H3. The molecule has 0 saturated carbocycles. The second kappa shape index (κ2) is 12.0. The van der Waals surface area contributed by atoms with Gasteiger partial charge in [-0.3, -0.25) is 0 Å². The molecule has 22 heavy (non-hydrogen) atoms. The van der Waals surface area contributed by atoms with Crippen molar-refractivity contribution in [2.45, 2.75) is 51.9 Å². The number of unbranched alkanes of at least 4 members (excludes halogenated alkanes) is 6. The van der Waals surface area contributed by atoms with Crippen molar-refractivity contribution >= 4 is 5.97 Å². The Morgan fingerprint density at radius 2 is 1.55 bits per heavy atom. The molecule has 0 aliphatic heterocycles. The summed E-state index contributed by atoms with van der Waals surface area (Å²) in [6, 6.07) is 6.01. The van der Waals surface area contributed by atoms with Crippen molar-refractivity contribution < 1.29 is 19.4 Å². The molecule has 1 aromatic carbocycles. The zero-order valence-corrected chi connectivity index (χ0v) is 13.6. The normalized spacial score (nSPS) is 10.6. The number of phenols is 1. The topological polar surface area (TPSA) is 55.8 Å². The number of ether oxygens (including phenoxy) is 2. The Balaban J connectivity index is 1.93. The van der Waals surface area contributed by atoms with Gasteiger partial charge in [-0.1, -0.05) is 45.4 Å². The van der Waals surface area contributed by atoms with Gasteiger partial charge in [-0.2, -0.15) is 0 Å². The van der Waals surface area contributed by atoms with Crippen LogP contribution < -0.4 is 0 Å². The lowest BCUT2D eigenvalue weighted by Gasteiger charge is -2.06. The fourth-order valence-corrected chi connectivity index (χ4v) is 2.14. The van der Waals surface area contributed by atoms with Crippen LogP contribution in [0.25, 0.3) is 0 Å². The molecule has 124 valence electrons. The van der Waals surface area contributed by atoms with Gasteiger partial charge in [0, 0.05) is 6.61 Å². The molecule has 0 bridgehead atoms. The number of aromatic hydroxyl groups is 1. The summed E-state index contributed by atoms with van der Waals surface area (Å²) in [5, 5.41) is 9.14. The lowest BCUT2D eigenvalue weighted by molar-refractivity contribution is 0.0312. The summed E-state index contributed by atoms with van der Waals surface area (Å²) in [5.41, 5.74) is 0.435. The van der Waals surface area contributed by atoms with Crippen molar-refractivity contribution in [3.8, 4) is 5.75 Å². The van der Waals surface area contributed by atoms with Gasteiger partial charge in [0.25, 0.3) is 0 Å². The zero-order chi connectivity index (χ0) is 16.0. The lowest BCUT2D eigenvalue weighted by Crippen LogP contribution is -2.11. The van der Waals surface area contributed by atoms with Crippen molar-refractivity contribution in [2.75, 3.05) is 19.8 Å². The smallest absolute Gasteiger partial charge is 0.338 e. The molecule has 0 aromatic heterocycles. The van der Waals surface area contributed by atoms with Crippen LogP contribution in [0.2, 0.25) is 0 Å². The molecule has 0 unspecified atom stereocenters. The minimum Gasteiger partial charge on any atom is -0.508 e. The SMILES string of the molecule is CCCCCCCCCOCCOC(=O)c1ccc(O)cc1. The van der Waals surface area contributed by atoms with Crippen LogP contribution in [0.5, 0.6) is 5.75 Å². The van der Waals surface area contributed by atoms with E-state index in [1.165, 1.54) is 62.8 Å². The molecule has 0 aliphatic rings. The van der Waals surface area contributed by atoms with Crippen LogP contribution in [0.3, 0.4) is 0 Å². The number of hydrogen-bond donors (Lipinski definition) is 1. The van der Waals surface area contributed by atoms with Gasteiger partial charge in [-0.25, -0.2) is 4.79 Å². The molecule has 0 amide bonds. The molecule has 1 aromatic rings. The lowest BCUT2D eigenvalue weighted by atomic mass is 10.1. The van der Waals surface area contributed by atoms with Crippen LogP contribution in [0.1, 0.15) is 62.2 Å². The second-order valence-electron chi connectivity index (χ2n) is 5.42. The quantitative estimate of drug-likeness (QED) is 0.461. The first-order valence-corrected chi connectivity index (χ1v) is 8.28. The van der Waals surface area contributed by atoms with E-state index in [-0.39, 0.29) is 18.3 Å². The van der Waals surface area contributed by atoms with E-state index in [0.29, 0.717) is 12.2 Å². The van der Waals surface area contributed by atoms with Crippen LogP contribution in [0, 0.1) is 0 Å². The molecule has 0 saturated heterocycles. The highest BCUT2D eigenvalue weighted by molar-refractivity contribution is 5.89. The predicted molar refractivity (Wildman–Crippen MR) is 87.2 cm³/mol. The van der Waals surface area contributed by atoms with Gasteiger partial charge < -0.3 is 14.6 Å². The average molecular weight is 308 g/mol. The number of esters is 1. The summed E-state index contributed by atoms with van der Waals surface area (Å²) in [6.45, 7) is 3.64. The van der Waals surface area contributed by atoms with Gasteiger partial charge >= 0.3 is 5.97 Å². The minimum atomic E-state index is -0.389. The van der Waals surface area contributed by atoms with Gasteiger partial charge in [-0.05, 0) is 30.7 Å². The van der Waals surface area contributed by atoms with Gasteiger partial charge in [0.05, 0.1) is 12.2 Å². The van der Waals surface area contributed by atoms with Crippen LogP contribution in [0.4, 0.5) is 0 Å². The minimum absolute atomic E-state index is 0.134. The van der Waals surface area contributed by atoms with E-state index in [0.717, 1.165) is 13.0 Å². The van der Waals surface area contributed by atoms with E-state index in [1.807, 2.05) is 0 Å². The molecule has 4 nitrogen and oxygen atoms in total. The van der Waals surface area contributed by atoms with E-state index in [9.17, 15) is 4.79 Å². The van der Waals surface area contributed by atoms with E-state index >= 15 is 0 Å². The van der Waals surface area contributed by atoms with Gasteiger partial charge in [0.2, 0.25) is 0 Å². The largest absolute Gasteiger partial charge is 0.508 e. The highest BCUT2D eigenvalue weighted by atomic mass is 16.6. The molecule has 1 rings (SSSR count). The summed E-state index contributed by atoms with van der Waals surface area (Å²) in [6.07, 6.45) is 8.83. The molecular formula is C18H28O4. The summed E-state index contributed by atoms with van der Waals surface area (Å²) in [4.78, 5) is 11.7. The average Bonchev–Trinajstić information content (AvgIpc) is 2.53. The maximum atomic E-state index is 11.7. The van der Waals surface area contributed by atoms with Crippen LogP contribution in [-0.2, 0) is 9.47 Å². The van der Waals surface area contributed by atoms with E-state index in [4.69, 9.17) is 14.6 Å². The molecule has 4 heteroatoms. The van der Waals surface area contributed by atoms with Gasteiger partial charge in [0.1, 0.15) is 12.4 Å². The molecule has 0 radical (unpaired) electrons. The van der Waals surface area contributed by atoms with E-state index in [1.54, 1.807) is 0 Å². The third kappa shape index (κ3) is 8.67. The zero-order valence-electron chi connectivity index (χ0n) is 13.6. The Kier molecular flexibility index (Phi) is 10.1. The second-order valence-corrected chi connectivity index (χ2v) is 5.42. The van der Waals surface area contributed by atoms with Gasteiger partial charge in [-0.15, -0.1) is 0 Å². The number of hydrogen-bond acceptors (Lipinski definition) is 4. The third-order valence-corrected chi connectivity index (χ3v) is 3.46. The van der Waals surface area contributed by atoms with Crippen LogP contribution in [0.15, 0.2) is 24.3 Å². The van der Waals surface area contributed by atoms with Crippen molar-refractivity contribution in [1.82, 2.24) is 0 Å². The fraction of sp³-hybridized carbons (Fsp3) is 0.611. The highest BCUT2D eigenvalue weighted by Crippen LogP contribution is 2.10. The Morgan fingerprint density at radius 1 is 0.909 bits per heavy atom. The monoisotopic (exact) mass is 308 g/mol. The Hall–Kier alpha value is -1.55. The van der Waals surface area contributed by atoms with Crippen LogP contribution in [-0.4, -0.2) is 30.9 Å². The maximum absolute atomic E-state index is 11.7. The molecule has 0 spiro atoms. The summed E-state index contributed by atoms with van der Waals surface area (Å²) < 4.78 is 10.5. The summed E-state index contributed by atoms with van der Waals surface area (Å²) >= 11 is 0. The molecular weight excluding hydrogens is 280 g/mol. The first-order valence-electron chi connectivity index (χ1n) is 8.28. The Labute approximate surface area is 133 Å². The van der Waals surface area contributed by atoms with Crippen molar-refractivity contribution in [2.24, 2.45) is 0 Å². The van der Waals surface area contributed by atoms with E-state index in [2.05, 4.69) is 6.92 Å². The number of phenolic OH excluding ortho intramolecular Hbond substituents is 1. The molecule has 0 atom stereocenters. The maximum Gasteiger partial charge on any atom is 0.338 e. The van der Waals surface area contributed by atoms with Crippen molar-refractivity contribution in [3.05, 3.63) is 29.8 Å². The van der Waals surface area contributed by atoms with Crippen molar-refractivity contribution in [3.63, 3.8) is 0 Å². The third-order valence-electron chi connectivity index (χ3n) is 3.46. The summed E-state index contributed by atoms with van der Waals surface area (Å²) in [7, 11) is 0. The Bertz CT molecular complexity index is 400.